The standard InChI is InChI=1S/C82H61BN2/c1-82(2,3)68-54-77-79-78(55-68)85(81-71(64-44-40-60(41-45-64)56-24-10-4-11-25-56)38-23-39-72(81)65-46-42-61(43-47-65)57-26-12-5-13-27-57)76-51-49-67(59-30-16-7-17-31-59)53-74(76)83(79)73-52-66(58-28-14-6-15-29-58)48-50-75(73)84(77)80-69(62-32-18-8-19-33-62)36-22-37-70(80)63-34-20-9-21-35-63/h4-55H,1-3H3. The number of rotatable bonds is 10. The molecule has 0 spiro atoms. The van der Waals surface area contributed by atoms with Gasteiger partial charge in [-0.25, -0.2) is 0 Å². The van der Waals surface area contributed by atoms with Gasteiger partial charge in [-0.1, -0.05) is 312 Å². The molecule has 85 heavy (non-hydrogen) atoms. The first-order valence-electron chi connectivity index (χ1n) is 29.7. The lowest BCUT2D eigenvalue weighted by Gasteiger charge is -2.46. The monoisotopic (exact) mass is 1080 g/mol. The summed E-state index contributed by atoms with van der Waals surface area (Å²) < 4.78 is 0. The molecule has 3 heteroatoms. The van der Waals surface area contributed by atoms with E-state index in [2.05, 4.69) is 346 Å². The molecule has 13 aromatic rings. The zero-order valence-electron chi connectivity index (χ0n) is 48.0. The van der Waals surface area contributed by atoms with Gasteiger partial charge in [-0.15, -0.1) is 0 Å². The molecule has 0 amide bonds. The molecule has 0 aromatic heterocycles. The van der Waals surface area contributed by atoms with Gasteiger partial charge < -0.3 is 9.80 Å². The van der Waals surface area contributed by atoms with E-state index < -0.39 is 0 Å². The Morgan fingerprint density at radius 3 is 0.812 bits per heavy atom. The minimum atomic E-state index is -0.253. The molecule has 0 bridgehead atoms. The molecule has 2 aliphatic rings. The van der Waals surface area contributed by atoms with E-state index in [1.54, 1.807) is 0 Å². The molecule has 0 atom stereocenters. The molecule has 2 heterocycles. The van der Waals surface area contributed by atoms with Gasteiger partial charge in [0.15, 0.2) is 0 Å². The van der Waals surface area contributed by atoms with Crippen molar-refractivity contribution < 1.29 is 0 Å². The lowest BCUT2D eigenvalue weighted by atomic mass is 9.33. The first-order valence-corrected chi connectivity index (χ1v) is 29.7. The fourth-order valence-electron chi connectivity index (χ4n) is 13.2. The molecule has 0 fully saturated rings. The van der Waals surface area contributed by atoms with Gasteiger partial charge in [0.1, 0.15) is 0 Å². The van der Waals surface area contributed by atoms with E-state index in [0.29, 0.717) is 0 Å². The average Bonchev–Trinajstić information content (AvgIpc) is 0.921. The van der Waals surface area contributed by atoms with Crippen LogP contribution < -0.4 is 26.2 Å². The number of hydrogen-bond donors (Lipinski definition) is 0. The highest BCUT2D eigenvalue weighted by Gasteiger charge is 2.46. The zero-order valence-corrected chi connectivity index (χ0v) is 48.0. The van der Waals surface area contributed by atoms with Crippen LogP contribution in [0.3, 0.4) is 0 Å². The van der Waals surface area contributed by atoms with Gasteiger partial charge in [0.25, 0.3) is 6.71 Å². The van der Waals surface area contributed by atoms with Crippen molar-refractivity contribution in [3.8, 4) is 89.0 Å². The predicted octanol–water partition coefficient (Wildman–Crippen LogP) is 20.4. The maximum Gasteiger partial charge on any atom is 0.252 e. The van der Waals surface area contributed by atoms with Gasteiger partial charge in [-0.2, -0.15) is 0 Å². The normalized spacial score (nSPS) is 12.3. The van der Waals surface area contributed by atoms with E-state index in [1.807, 2.05) is 0 Å². The summed E-state index contributed by atoms with van der Waals surface area (Å²) in [6.45, 7) is 6.94. The Labute approximate surface area is 500 Å². The Morgan fingerprint density at radius 2 is 0.494 bits per heavy atom. The minimum absolute atomic E-state index is 0.168. The van der Waals surface area contributed by atoms with Gasteiger partial charge in [0, 0.05) is 45.0 Å². The fourth-order valence-corrected chi connectivity index (χ4v) is 13.2. The number of benzene rings is 13. The summed E-state index contributed by atoms with van der Waals surface area (Å²) >= 11 is 0. The largest absolute Gasteiger partial charge is 0.310 e. The average molecular weight is 1090 g/mol. The Kier molecular flexibility index (Phi) is 12.9. The summed E-state index contributed by atoms with van der Waals surface area (Å²) in [6.07, 6.45) is 0. The van der Waals surface area contributed by atoms with Crippen LogP contribution in [0, 0.1) is 0 Å². The molecule has 2 aliphatic heterocycles. The number of hydrogen-bond acceptors (Lipinski definition) is 2. The number of nitrogens with zero attached hydrogens (tertiary/aromatic N) is 2. The van der Waals surface area contributed by atoms with E-state index in [1.165, 1.54) is 89.0 Å². The van der Waals surface area contributed by atoms with Crippen LogP contribution in [0.4, 0.5) is 34.1 Å². The Bertz CT molecular complexity index is 4420. The van der Waals surface area contributed by atoms with E-state index in [0.717, 1.165) is 56.1 Å². The molecule has 15 rings (SSSR count). The molecular weight excluding hydrogens is 1020 g/mol. The van der Waals surface area contributed by atoms with Gasteiger partial charge in [0.2, 0.25) is 0 Å². The van der Waals surface area contributed by atoms with E-state index >= 15 is 0 Å². The highest BCUT2D eigenvalue weighted by Crippen LogP contribution is 2.54. The molecule has 0 unspecified atom stereocenters. The van der Waals surface area contributed by atoms with Crippen LogP contribution in [0.1, 0.15) is 26.3 Å². The lowest BCUT2D eigenvalue weighted by molar-refractivity contribution is 0.590. The second kappa shape index (κ2) is 21.4. The van der Waals surface area contributed by atoms with Crippen LogP contribution in [0.5, 0.6) is 0 Å². The molecule has 0 saturated heterocycles. The molecule has 402 valence electrons. The number of anilines is 6. The van der Waals surface area contributed by atoms with Gasteiger partial charge in [0.05, 0.1) is 11.4 Å². The molecule has 0 aliphatic carbocycles. The summed E-state index contributed by atoms with van der Waals surface area (Å²) in [4.78, 5) is 5.32. The lowest BCUT2D eigenvalue weighted by Crippen LogP contribution is -2.61. The van der Waals surface area contributed by atoms with Crippen molar-refractivity contribution in [2.75, 3.05) is 9.80 Å². The summed E-state index contributed by atoms with van der Waals surface area (Å²) in [7, 11) is 0. The maximum absolute atomic E-state index is 2.67. The Balaban J connectivity index is 1.08. The smallest absolute Gasteiger partial charge is 0.252 e. The summed E-state index contributed by atoms with van der Waals surface area (Å²) in [5, 5.41) is 0. The summed E-state index contributed by atoms with van der Waals surface area (Å²) in [5.74, 6) is 0. The van der Waals surface area contributed by atoms with Crippen molar-refractivity contribution >= 4 is 57.2 Å². The van der Waals surface area contributed by atoms with Crippen molar-refractivity contribution in [1.29, 1.82) is 0 Å². The van der Waals surface area contributed by atoms with E-state index in [-0.39, 0.29) is 12.1 Å². The highest BCUT2D eigenvalue weighted by atomic mass is 15.2. The number of para-hydroxylation sites is 2. The van der Waals surface area contributed by atoms with E-state index in [9.17, 15) is 0 Å². The van der Waals surface area contributed by atoms with Crippen LogP contribution in [-0.2, 0) is 5.41 Å². The van der Waals surface area contributed by atoms with Crippen LogP contribution in [0.15, 0.2) is 315 Å². The van der Waals surface area contributed by atoms with Crippen molar-refractivity contribution in [1.82, 2.24) is 0 Å². The summed E-state index contributed by atoms with van der Waals surface area (Å²) in [5.41, 5.74) is 30.5. The van der Waals surface area contributed by atoms with Gasteiger partial charge in [-0.05, 0) is 118 Å². The highest BCUT2D eigenvalue weighted by molar-refractivity contribution is 7.00. The minimum Gasteiger partial charge on any atom is -0.310 e. The zero-order chi connectivity index (χ0) is 57.0. The Hall–Kier alpha value is -10.5. The van der Waals surface area contributed by atoms with Gasteiger partial charge >= 0.3 is 0 Å². The topological polar surface area (TPSA) is 6.48 Å². The third-order valence-corrected chi connectivity index (χ3v) is 17.4. The van der Waals surface area contributed by atoms with Crippen molar-refractivity contribution in [3.05, 3.63) is 321 Å². The molecular formula is C82H61BN2. The summed E-state index contributed by atoms with van der Waals surface area (Å²) in [6, 6.07) is 117. The van der Waals surface area contributed by atoms with Crippen molar-refractivity contribution in [3.63, 3.8) is 0 Å². The third-order valence-electron chi connectivity index (χ3n) is 17.4. The van der Waals surface area contributed by atoms with Crippen molar-refractivity contribution in [2.24, 2.45) is 0 Å². The predicted molar refractivity (Wildman–Crippen MR) is 363 cm³/mol. The second-order valence-electron chi connectivity index (χ2n) is 23.6. The van der Waals surface area contributed by atoms with Crippen LogP contribution in [-0.4, -0.2) is 6.71 Å². The molecule has 0 saturated carbocycles. The first-order chi connectivity index (χ1) is 41.8. The van der Waals surface area contributed by atoms with Crippen molar-refractivity contribution in [2.45, 2.75) is 26.2 Å². The van der Waals surface area contributed by atoms with E-state index in [4.69, 9.17) is 0 Å². The SMILES string of the molecule is CC(C)(C)c1cc2c3c(c1)N(c1c(-c4ccc(-c5ccccc5)cc4)cccc1-c1ccc(-c4ccccc4)cc1)c1ccc(-c4ccccc4)cc1B3c1cc(-c3ccccc3)ccc1N2c1c(-c2ccccc2)cccc1-c1ccccc1. The van der Waals surface area contributed by atoms with Gasteiger partial charge in [-0.3, -0.25) is 0 Å². The molecule has 0 N–H and O–H groups in total. The molecule has 2 nitrogen and oxygen atoms in total. The van der Waals surface area contributed by atoms with Crippen LogP contribution in [0.2, 0.25) is 0 Å². The molecule has 0 radical (unpaired) electrons. The quantitative estimate of drug-likeness (QED) is 0.126. The van der Waals surface area contributed by atoms with Crippen LogP contribution in [0.25, 0.3) is 89.0 Å². The second-order valence-corrected chi connectivity index (χ2v) is 23.6. The molecule has 13 aromatic carbocycles. The Morgan fingerprint density at radius 1 is 0.235 bits per heavy atom. The third kappa shape index (κ3) is 9.26. The first kappa shape index (κ1) is 51.4. The number of fused-ring (bicyclic) bond motifs is 4. The maximum atomic E-state index is 2.67. The fraction of sp³-hybridized carbons (Fsp3) is 0.0488. The van der Waals surface area contributed by atoms with Crippen LogP contribution >= 0.6 is 0 Å².